The monoisotopic (exact) mass is 258 g/mol. The lowest BCUT2D eigenvalue weighted by Gasteiger charge is -2.29. The van der Waals surface area contributed by atoms with E-state index < -0.39 is 23.8 Å². The lowest BCUT2D eigenvalue weighted by Crippen LogP contribution is -2.29. The summed E-state index contributed by atoms with van der Waals surface area (Å²) in [5.74, 6) is -2.23. The molecule has 3 nitrogen and oxygen atoms in total. The van der Waals surface area contributed by atoms with E-state index in [0.29, 0.717) is 19.4 Å². The van der Waals surface area contributed by atoms with Crippen molar-refractivity contribution in [1.82, 2.24) is 0 Å². The molecule has 2 rings (SSSR count). The van der Waals surface area contributed by atoms with Gasteiger partial charge in [-0.2, -0.15) is 0 Å². The Kier molecular flexibility index (Phi) is 3.64. The minimum atomic E-state index is -0.978. The molecular formula is C12H12ClFO3. The molecule has 0 aromatic heterocycles. The van der Waals surface area contributed by atoms with Gasteiger partial charge in [0.1, 0.15) is 11.9 Å². The molecule has 92 valence electrons. The van der Waals surface area contributed by atoms with Crippen molar-refractivity contribution >= 4 is 17.6 Å². The van der Waals surface area contributed by atoms with Crippen molar-refractivity contribution in [2.75, 3.05) is 6.61 Å². The van der Waals surface area contributed by atoms with Crippen LogP contribution in [-0.2, 0) is 9.53 Å². The largest absolute Gasteiger partial charge is 0.481 e. The molecule has 17 heavy (non-hydrogen) atoms. The number of ether oxygens (including phenoxy) is 1. The number of rotatable bonds is 2. The van der Waals surface area contributed by atoms with Crippen molar-refractivity contribution in [3.8, 4) is 0 Å². The maximum Gasteiger partial charge on any atom is 0.309 e. The SMILES string of the molecule is O=C(O)C1CCCOC1c1c(F)cccc1Cl. The third-order valence-electron chi connectivity index (χ3n) is 2.92. The summed E-state index contributed by atoms with van der Waals surface area (Å²) in [6.45, 7) is 0.430. The molecule has 1 aliphatic heterocycles. The first kappa shape index (κ1) is 12.3. The molecular weight excluding hydrogens is 247 g/mol. The summed E-state index contributed by atoms with van der Waals surface area (Å²) in [5.41, 5.74) is 0.154. The highest BCUT2D eigenvalue weighted by Crippen LogP contribution is 2.38. The van der Waals surface area contributed by atoms with Gasteiger partial charge in [0, 0.05) is 17.2 Å². The molecule has 0 amide bonds. The Balaban J connectivity index is 2.39. The normalized spacial score (nSPS) is 24.6. The lowest BCUT2D eigenvalue weighted by molar-refractivity contribution is -0.152. The fraction of sp³-hybridized carbons (Fsp3) is 0.417. The van der Waals surface area contributed by atoms with Gasteiger partial charge < -0.3 is 9.84 Å². The van der Waals surface area contributed by atoms with Crippen LogP contribution in [0.1, 0.15) is 24.5 Å². The fourth-order valence-electron chi connectivity index (χ4n) is 2.10. The second kappa shape index (κ2) is 5.02. The van der Waals surface area contributed by atoms with E-state index in [0.717, 1.165) is 0 Å². The van der Waals surface area contributed by atoms with E-state index in [-0.39, 0.29) is 10.6 Å². The van der Waals surface area contributed by atoms with Crippen LogP contribution in [0.2, 0.25) is 5.02 Å². The highest BCUT2D eigenvalue weighted by molar-refractivity contribution is 6.31. The summed E-state index contributed by atoms with van der Waals surface area (Å²) >= 11 is 5.92. The van der Waals surface area contributed by atoms with Crippen LogP contribution in [0.4, 0.5) is 4.39 Å². The average Bonchev–Trinajstić information content (AvgIpc) is 2.29. The summed E-state index contributed by atoms with van der Waals surface area (Å²) in [7, 11) is 0. The number of aliphatic carboxylic acids is 1. The summed E-state index contributed by atoms with van der Waals surface area (Å²) in [6, 6.07) is 4.29. The van der Waals surface area contributed by atoms with Crippen molar-refractivity contribution < 1.29 is 19.0 Å². The Hall–Kier alpha value is -1.13. The summed E-state index contributed by atoms with van der Waals surface area (Å²) < 4.78 is 19.1. The van der Waals surface area contributed by atoms with E-state index >= 15 is 0 Å². The Morgan fingerprint density at radius 1 is 1.53 bits per heavy atom. The van der Waals surface area contributed by atoms with Crippen molar-refractivity contribution in [1.29, 1.82) is 0 Å². The van der Waals surface area contributed by atoms with Gasteiger partial charge in [-0.05, 0) is 25.0 Å². The first-order valence-electron chi connectivity index (χ1n) is 5.39. The minimum absolute atomic E-state index is 0.154. The van der Waals surface area contributed by atoms with Gasteiger partial charge in [-0.3, -0.25) is 4.79 Å². The standard InChI is InChI=1S/C12H12ClFO3/c13-8-4-1-5-9(14)10(8)11-7(12(15)16)3-2-6-17-11/h1,4-5,7,11H,2-3,6H2,(H,15,16). The van der Waals surface area contributed by atoms with Crippen LogP contribution in [0.15, 0.2) is 18.2 Å². The zero-order chi connectivity index (χ0) is 12.4. The first-order valence-corrected chi connectivity index (χ1v) is 5.77. The van der Waals surface area contributed by atoms with Gasteiger partial charge in [-0.15, -0.1) is 0 Å². The molecule has 2 unspecified atom stereocenters. The zero-order valence-corrected chi connectivity index (χ0v) is 9.78. The van der Waals surface area contributed by atoms with Gasteiger partial charge in [-0.1, -0.05) is 17.7 Å². The van der Waals surface area contributed by atoms with Gasteiger partial charge in [-0.25, -0.2) is 4.39 Å². The number of carboxylic acid groups (broad SMARTS) is 1. The van der Waals surface area contributed by atoms with E-state index in [1.807, 2.05) is 0 Å². The smallest absolute Gasteiger partial charge is 0.309 e. The topological polar surface area (TPSA) is 46.5 Å². The van der Waals surface area contributed by atoms with Crippen LogP contribution in [0.5, 0.6) is 0 Å². The molecule has 1 aromatic carbocycles. The van der Waals surface area contributed by atoms with Gasteiger partial charge in [0.25, 0.3) is 0 Å². The quantitative estimate of drug-likeness (QED) is 0.887. The molecule has 0 radical (unpaired) electrons. The maximum absolute atomic E-state index is 13.7. The minimum Gasteiger partial charge on any atom is -0.481 e. The Labute approximate surface area is 103 Å². The van der Waals surface area contributed by atoms with Crippen molar-refractivity contribution in [2.24, 2.45) is 5.92 Å². The molecule has 5 heteroatoms. The number of carboxylic acids is 1. The van der Waals surface area contributed by atoms with E-state index in [9.17, 15) is 9.18 Å². The molecule has 1 aliphatic rings. The number of carbonyl (C=O) groups is 1. The second-order valence-electron chi connectivity index (χ2n) is 4.01. The van der Waals surface area contributed by atoms with Crippen molar-refractivity contribution in [2.45, 2.75) is 18.9 Å². The fourth-order valence-corrected chi connectivity index (χ4v) is 2.37. The molecule has 0 bridgehead atoms. The maximum atomic E-state index is 13.7. The van der Waals surface area contributed by atoms with Crippen molar-refractivity contribution in [3.63, 3.8) is 0 Å². The first-order chi connectivity index (χ1) is 8.11. The number of halogens is 2. The lowest BCUT2D eigenvalue weighted by atomic mass is 9.89. The molecule has 1 N–H and O–H groups in total. The third-order valence-corrected chi connectivity index (χ3v) is 3.25. The average molecular weight is 259 g/mol. The van der Waals surface area contributed by atoms with Crippen molar-refractivity contribution in [3.05, 3.63) is 34.6 Å². The van der Waals surface area contributed by atoms with Gasteiger partial charge in [0.15, 0.2) is 0 Å². The van der Waals surface area contributed by atoms with E-state index in [1.54, 1.807) is 0 Å². The summed E-state index contributed by atoms with van der Waals surface area (Å²) in [4.78, 5) is 11.1. The molecule has 2 atom stereocenters. The van der Waals surface area contributed by atoms with Crippen LogP contribution in [-0.4, -0.2) is 17.7 Å². The Bertz CT molecular complexity index is 416. The number of hydrogen-bond donors (Lipinski definition) is 1. The second-order valence-corrected chi connectivity index (χ2v) is 4.42. The van der Waals surface area contributed by atoms with Gasteiger partial charge in [0.2, 0.25) is 0 Å². The molecule has 0 spiro atoms. The predicted molar refractivity (Wildman–Crippen MR) is 60.5 cm³/mol. The Morgan fingerprint density at radius 3 is 2.94 bits per heavy atom. The van der Waals surface area contributed by atoms with Crippen LogP contribution < -0.4 is 0 Å². The predicted octanol–water partition coefficient (Wildman–Crippen LogP) is 3.03. The highest BCUT2D eigenvalue weighted by atomic mass is 35.5. The summed E-state index contributed by atoms with van der Waals surface area (Å²) in [5, 5.41) is 9.32. The Morgan fingerprint density at radius 2 is 2.29 bits per heavy atom. The molecule has 1 heterocycles. The third kappa shape index (κ3) is 2.42. The van der Waals surface area contributed by atoms with Crippen LogP contribution in [0.25, 0.3) is 0 Å². The molecule has 1 saturated heterocycles. The van der Waals surface area contributed by atoms with E-state index in [2.05, 4.69) is 0 Å². The number of hydrogen-bond acceptors (Lipinski definition) is 2. The van der Waals surface area contributed by atoms with E-state index in [4.69, 9.17) is 21.4 Å². The molecule has 0 aliphatic carbocycles. The van der Waals surface area contributed by atoms with Gasteiger partial charge >= 0.3 is 5.97 Å². The van der Waals surface area contributed by atoms with Gasteiger partial charge in [0.05, 0.1) is 5.92 Å². The molecule has 1 aromatic rings. The highest BCUT2D eigenvalue weighted by Gasteiger charge is 2.35. The molecule has 0 saturated carbocycles. The van der Waals surface area contributed by atoms with E-state index in [1.165, 1.54) is 18.2 Å². The molecule has 1 fully saturated rings. The van der Waals surface area contributed by atoms with Crippen LogP contribution in [0.3, 0.4) is 0 Å². The van der Waals surface area contributed by atoms with Crippen LogP contribution >= 0.6 is 11.6 Å². The summed E-state index contributed by atoms with van der Waals surface area (Å²) in [6.07, 6.45) is 0.347. The van der Waals surface area contributed by atoms with Crippen LogP contribution in [0, 0.1) is 11.7 Å². The number of benzene rings is 1. The zero-order valence-electron chi connectivity index (χ0n) is 9.03.